The summed E-state index contributed by atoms with van der Waals surface area (Å²) in [5.41, 5.74) is 0.712. The number of carbonyl (C=O) groups is 10. The summed E-state index contributed by atoms with van der Waals surface area (Å²) in [6, 6.07) is -4.48. The monoisotopic (exact) mass is 1060 g/mol. The van der Waals surface area contributed by atoms with E-state index in [2.05, 4.69) is 16.0 Å². The Balaban J connectivity index is 3.95. The molecule has 6 amide bonds. The molecule has 20 heteroatoms. The van der Waals surface area contributed by atoms with Crippen LogP contribution in [0.4, 0.5) is 0 Å². The van der Waals surface area contributed by atoms with Gasteiger partial charge in [0.15, 0.2) is 6.10 Å². The Morgan fingerprint density at radius 3 is 2.01 bits per heavy atom. The van der Waals surface area contributed by atoms with Crippen LogP contribution in [0.25, 0.3) is 0 Å². The Morgan fingerprint density at radius 1 is 0.827 bits per heavy atom. The lowest BCUT2D eigenvalue weighted by Crippen LogP contribution is -2.58. The number of carbonyl (C=O) groups excluding carboxylic acids is 9. The van der Waals surface area contributed by atoms with Crippen LogP contribution >= 0.6 is 0 Å². The van der Waals surface area contributed by atoms with E-state index in [0.717, 1.165) is 0 Å². The van der Waals surface area contributed by atoms with Crippen LogP contribution in [0.3, 0.4) is 0 Å². The largest absolute Gasteiger partial charge is 0.481 e. The Hall–Kier alpha value is -5.82. The van der Waals surface area contributed by atoms with Gasteiger partial charge in [-0.3, -0.25) is 38.4 Å². The minimum atomic E-state index is -1.34. The maximum absolute atomic E-state index is 14.5. The van der Waals surface area contributed by atoms with Gasteiger partial charge in [0.1, 0.15) is 36.4 Å². The lowest BCUT2D eigenvalue weighted by Gasteiger charge is -2.35. The molecule has 1 aliphatic heterocycles. The molecule has 9 atom stereocenters. The summed E-state index contributed by atoms with van der Waals surface area (Å²) in [5.74, 6) is -8.63. The van der Waals surface area contributed by atoms with Gasteiger partial charge >= 0.3 is 23.9 Å². The number of carboxylic acid groups (broad SMARTS) is 1. The number of allylic oxidation sites excluding steroid dienone is 1. The lowest BCUT2D eigenvalue weighted by atomic mass is 9.90. The molecule has 0 spiro atoms. The lowest BCUT2D eigenvalue weighted by molar-refractivity contribution is -0.164. The molecule has 0 aromatic heterocycles. The molecule has 0 aromatic carbocycles. The van der Waals surface area contributed by atoms with E-state index in [1.807, 2.05) is 47.6 Å². The van der Waals surface area contributed by atoms with E-state index < -0.39 is 120 Å². The summed E-state index contributed by atoms with van der Waals surface area (Å²) in [4.78, 5) is 139. The maximum Gasteiger partial charge on any atom is 0.334 e. The van der Waals surface area contributed by atoms with Crippen LogP contribution < -0.4 is 16.0 Å². The number of amides is 6. The first-order valence-electron chi connectivity index (χ1n) is 26.8. The number of hydrogen-bond acceptors (Lipinski definition) is 13. The van der Waals surface area contributed by atoms with Gasteiger partial charge in [-0.25, -0.2) is 9.59 Å². The molecule has 0 unspecified atom stereocenters. The van der Waals surface area contributed by atoms with E-state index in [-0.39, 0.29) is 61.8 Å². The highest BCUT2D eigenvalue weighted by molar-refractivity contribution is 5.96. The van der Waals surface area contributed by atoms with Crippen LogP contribution in [0, 0.1) is 29.6 Å². The van der Waals surface area contributed by atoms with Crippen molar-refractivity contribution in [2.24, 2.45) is 29.6 Å². The zero-order valence-electron chi connectivity index (χ0n) is 47.9. The molecular formula is C55H92N6O14. The van der Waals surface area contributed by atoms with E-state index >= 15 is 0 Å². The van der Waals surface area contributed by atoms with Gasteiger partial charge in [0.25, 0.3) is 5.91 Å². The van der Waals surface area contributed by atoms with Crippen LogP contribution in [0.15, 0.2) is 23.3 Å². The fourth-order valence-corrected chi connectivity index (χ4v) is 8.47. The van der Waals surface area contributed by atoms with Gasteiger partial charge in [0.05, 0.1) is 13.0 Å². The average Bonchev–Trinajstić information content (AvgIpc) is 3.34. The van der Waals surface area contributed by atoms with Crippen molar-refractivity contribution < 1.29 is 67.3 Å². The fraction of sp³-hybridized carbons (Fsp3) is 0.745. The van der Waals surface area contributed by atoms with Crippen molar-refractivity contribution in [1.29, 1.82) is 0 Å². The van der Waals surface area contributed by atoms with Crippen molar-refractivity contribution in [2.75, 3.05) is 34.2 Å². The molecule has 0 bridgehead atoms. The first-order chi connectivity index (χ1) is 35.0. The molecule has 0 fully saturated rings. The molecule has 0 aromatic rings. The number of unbranched alkanes of at least 4 members (excludes halogenated alkanes) is 2. The topological polar surface area (TPSA) is 264 Å². The second kappa shape index (κ2) is 33.3. The van der Waals surface area contributed by atoms with Gasteiger partial charge in [0.2, 0.25) is 29.5 Å². The number of aliphatic carboxylic acids is 1. The van der Waals surface area contributed by atoms with Crippen LogP contribution in [0.1, 0.15) is 161 Å². The number of cyclic esters (lactones) is 2. The number of rotatable bonds is 19. The average molecular weight is 1060 g/mol. The first kappa shape index (κ1) is 67.2. The van der Waals surface area contributed by atoms with E-state index in [9.17, 15) is 47.9 Å². The summed E-state index contributed by atoms with van der Waals surface area (Å²) in [6.07, 6.45) is 2.36. The third-order valence-corrected chi connectivity index (χ3v) is 13.5. The predicted octanol–water partition coefficient (Wildman–Crippen LogP) is 5.50. The van der Waals surface area contributed by atoms with Crippen molar-refractivity contribution >= 4 is 59.3 Å². The molecule has 1 rings (SSSR count). The molecule has 426 valence electrons. The van der Waals surface area contributed by atoms with Gasteiger partial charge < -0.3 is 50.0 Å². The Bertz CT molecular complexity index is 2020. The summed E-state index contributed by atoms with van der Waals surface area (Å²) >= 11 is 0. The molecule has 0 aliphatic carbocycles. The molecule has 0 radical (unpaired) electrons. The Labute approximate surface area is 446 Å². The molecule has 1 heterocycles. The van der Waals surface area contributed by atoms with E-state index in [0.29, 0.717) is 44.2 Å². The highest BCUT2D eigenvalue weighted by Gasteiger charge is 2.40. The smallest absolute Gasteiger partial charge is 0.334 e. The van der Waals surface area contributed by atoms with Crippen LogP contribution in [0.5, 0.6) is 0 Å². The summed E-state index contributed by atoms with van der Waals surface area (Å²) in [5, 5.41) is 17.1. The third-order valence-electron chi connectivity index (χ3n) is 13.5. The molecular weight excluding hydrogens is 969 g/mol. The SMILES string of the molecule is CC/C=C(\C)[C@@H]1OC(=O)[C@H](C)N(C)C(=O)[C@H](C(C)C)NC(=O)CN(C)C(=O)[C@@H](CC(C)C)N(C)C(=O)[C@H](CC(C)C)NC(=O)[C@H]([C@@H](C)CC)OC(=O)/C(C)=C/C[C@H](OC(=O)CCCCCNC(=O)CCC(=O)O)[C@@H]1C. The normalized spacial score (nSPS) is 25.3. The number of esters is 3. The van der Waals surface area contributed by atoms with Gasteiger partial charge in [-0.1, -0.05) is 87.8 Å². The van der Waals surface area contributed by atoms with Crippen LogP contribution in [-0.2, 0) is 62.2 Å². The van der Waals surface area contributed by atoms with Gasteiger partial charge in [-0.2, -0.15) is 0 Å². The van der Waals surface area contributed by atoms with Crippen molar-refractivity contribution in [1.82, 2.24) is 30.7 Å². The highest BCUT2D eigenvalue weighted by atomic mass is 16.6. The molecule has 1 aliphatic rings. The molecule has 75 heavy (non-hydrogen) atoms. The minimum absolute atomic E-state index is 0.0145. The minimum Gasteiger partial charge on any atom is -0.481 e. The Kier molecular flexibility index (Phi) is 29.8. The number of nitrogens with one attached hydrogen (secondary N) is 3. The van der Waals surface area contributed by atoms with Crippen LogP contribution in [-0.4, -0.2) is 156 Å². The van der Waals surface area contributed by atoms with Crippen molar-refractivity contribution in [3.8, 4) is 0 Å². The number of nitrogens with zero attached hydrogens (tertiary/aromatic N) is 3. The summed E-state index contributed by atoms with van der Waals surface area (Å²) in [7, 11) is 4.32. The third kappa shape index (κ3) is 22.9. The van der Waals surface area contributed by atoms with E-state index in [1.54, 1.807) is 34.6 Å². The zero-order chi connectivity index (χ0) is 57.4. The van der Waals surface area contributed by atoms with Crippen molar-refractivity contribution in [3.63, 3.8) is 0 Å². The molecule has 0 saturated carbocycles. The molecule has 0 saturated heterocycles. The standard InChI is InChI=1S/C55H92N6O14/c1-17-22-36(10)48-38(12)42(73-46(66)23-20-19-21-28-56-43(62)26-27-45(64)65)25-24-37(11)54(71)75-49(35(9)18-2)50(67)57-40(29-32(3)4)51(68)61(16)41(30-33(5)6)52(69)59(14)31-44(63)58-47(34(7)8)53(70)60(15)39(13)55(72)74-48/h22,24,32-35,38-42,47-49H,17-21,23,25-31H2,1-16H3,(H,56,62)(H,57,67)(H,58,63)(H,64,65)/b36-22+,37-24+/t35-,38-,39-,40-,41+,42-,47-,48-,49-/m0/s1. The Morgan fingerprint density at radius 2 is 1.45 bits per heavy atom. The number of hydrogen-bond donors (Lipinski definition) is 4. The van der Waals surface area contributed by atoms with E-state index in [4.69, 9.17) is 19.3 Å². The number of likely N-dealkylation sites (N-methyl/N-ethyl adjacent to an activating group) is 3. The van der Waals surface area contributed by atoms with Gasteiger partial charge in [-0.05, 0) is 82.6 Å². The quantitative estimate of drug-likeness (QED) is 0.0539. The molecule has 4 N–H and O–H groups in total. The number of ether oxygens (including phenoxy) is 3. The second-order valence-corrected chi connectivity index (χ2v) is 21.4. The second-order valence-electron chi connectivity index (χ2n) is 21.4. The maximum atomic E-state index is 14.5. The van der Waals surface area contributed by atoms with Crippen molar-refractivity contribution in [2.45, 2.75) is 203 Å². The summed E-state index contributed by atoms with van der Waals surface area (Å²) in [6.45, 7) is 22.8. The van der Waals surface area contributed by atoms with Gasteiger partial charge in [-0.15, -0.1) is 0 Å². The highest BCUT2D eigenvalue weighted by Crippen LogP contribution is 2.28. The number of carboxylic acids is 1. The zero-order valence-corrected chi connectivity index (χ0v) is 47.9. The van der Waals surface area contributed by atoms with Crippen molar-refractivity contribution in [3.05, 3.63) is 23.3 Å². The summed E-state index contributed by atoms with van der Waals surface area (Å²) < 4.78 is 18.3. The van der Waals surface area contributed by atoms with E-state index in [1.165, 1.54) is 55.8 Å². The predicted molar refractivity (Wildman–Crippen MR) is 283 cm³/mol. The van der Waals surface area contributed by atoms with Crippen LogP contribution in [0.2, 0.25) is 0 Å². The molecule has 20 nitrogen and oxygen atoms in total. The first-order valence-corrected chi connectivity index (χ1v) is 26.8. The fourth-order valence-electron chi connectivity index (χ4n) is 8.47. The van der Waals surface area contributed by atoms with Gasteiger partial charge in [0, 0.05) is 64.4 Å².